The largest absolute Gasteiger partial charge is 0.481 e. The first-order valence-corrected chi connectivity index (χ1v) is 6.83. The molecule has 1 heterocycles. The fourth-order valence-corrected chi connectivity index (χ4v) is 2.69. The molecule has 5 nitrogen and oxygen atoms in total. The second-order valence-corrected chi connectivity index (χ2v) is 5.53. The highest BCUT2D eigenvalue weighted by Crippen LogP contribution is 2.30. The minimum atomic E-state index is -0.786. The summed E-state index contributed by atoms with van der Waals surface area (Å²) in [6, 6.07) is 0.437. The molecule has 1 aliphatic carbocycles. The molecule has 102 valence electrons. The van der Waals surface area contributed by atoms with Gasteiger partial charge in [0.25, 0.3) is 0 Å². The highest BCUT2D eigenvalue weighted by atomic mass is 16.4. The van der Waals surface area contributed by atoms with E-state index >= 15 is 0 Å². The number of hydrogen-bond acceptors (Lipinski definition) is 2. The summed E-state index contributed by atoms with van der Waals surface area (Å²) in [7, 11) is 0. The zero-order valence-corrected chi connectivity index (χ0v) is 11.1. The van der Waals surface area contributed by atoms with E-state index in [4.69, 9.17) is 5.11 Å². The van der Waals surface area contributed by atoms with Gasteiger partial charge in [-0.05, 0) is 25.2 Å². The Kier molecular flexibility index (Phi) is 3.78. The van der Waals surface area contributed by atoms with Gasteiger partial charge in [0.1, 0.15) is 0 Å². The summed E-state index contributed by atoms with van der Waals surface area (Å²) >= 11 is 0. The Morgan fingerprint density at radius 1 is 1.33 bits per heavy atom. The third-order valence-electron chi connectivity index (χ3n) is 3.90. The fraction of sp³-hybridized carbons (Fsp3) is 0.846. The van der Waals surface area contributed by atoms with E-state index in [1.54, 1.807) is 4.90 Å². The number of carboxylic acid groups (broad SMARTS) is 1. The SMILES string of the molecule is CCCN(C(=O)N1C[C@@H](C)[C@H](C(=O)O)C1)C1CC1. The van der Waals surface area contributed by atoms with Crippen LogP contribution in [-0.2, 0) is 4.79 Å². The van der Waals surface area contributed by atoms with Crippen molar-refractivity contribution in [2.24, 2.45) is 11.8 Å². The Hall–Kier alpha value is -1.26. The van der Waals surface area contributed by atoms with Gasteiger partial charge >= 0.3 is 12.0 Å². The Labute approximate surface area is 108 Å². The lowest BCUT2D eigenvalue weighted by Crippen LogP contribution is -2.44. The second kappa shape index (κ2) is 5.16. The lowest BCUT2D eigenvalue weighted by atomic mass is 9.99. The van der Waals surface area contributed by atoms with Crippen molar-refractivity contribution in [2.45, 2.75) is 39.2 Å². The number of urea groups is 1. The first kappa shape index (κ1) is 13.2. The van der Waals surface area contributed by atoms with Crippen molar-refractivity contribution in [3.05, 3.63) is 0 Å². The molecular weight excluding hydrogens is 232 g/mol. The predicted octanol–water partition coefficient (Wildman–Crippen LogP) is 1.63. The molecule has 2 amide bonds. The molecule has 2 fully saturated rings. The van der Waals surface area contributed by atoms with Crippen molar-refractivity contribution in [3.63, 3.8) is 0 Å². The van der Waals surface area contributed by atoms with Crippen LogP contribution in [0.4, 0.5) is 4.79 Å². The maximum Gasteiger partial charge on any atom is 0.320 e. The van der Waals surface area contributed by atoms with Gasteiger partial charge in [0.2, 0.25) is 0 Å². The van der Waals surface area contributed by atoms with Crippen LogP contribution < -0.4 is 0 Å². The van der Waals surface area contributed by atoms with Crippen molar-refractivity contribution in [2.75, 3.05) is 19.6 Å². The van der Waals surface area contributed by atoms with Crippen LogP contribution in [0, 0.1) is 11.8 Å². The molecule has 2 aliphatic rings. The number of nitrogens with zero attached hydrogens (tertiary/aromatic N) is 2. The van der Waals surface area contributed by atoms with E-state index < -0.39 is 11.9 Å². The van der Waals surface area contributed by atoms with E-state index in [0.717, 1.165) is 25.8 Å². The van der Waals surface area contributed by atoms with E-state index in [0.29, 0.717) is 19.1 Å². The predicted molar refractivity (Wildman–Crippen MR) is 67.3 cm³/mol. The van der Waals surface area contributed by atoms with E-state index in [9.17, 15) is 9.59 Å². The first-order valence-electron chi connectivity index (χ1n) is 6.83. The Balaban J connectivity index is 1.98. The molecule has 0 unspecified atom stereocenters. The average molecular weight is 254 g/mol. The monoisotopic (exact) mass is 254 g/mol. The number of carbonyl (C=O) groups is 2. The zero-order chi connectivity index (χ0) is 13.3. The summed E-state index contributed by atoms with van der Waals surface area (Å²) in [6.07, 6.45) is 3.14. The molecule has 2 rings (SSSR count). The molecule has 0 aromatic rings. The van der Waals surface area contributed by atoms with Gasteiger partial charge in [-0.3, -0.25) is 4.79 Å². The van der Waals surface area contributed by atoms with Crippen molar-refractivity contribution in [3.8, 4) is 0 Å². The normalized spacial score (nSPS) is 27.3. The lowest BCUT2D eigenvalue weighted by molar-refractivity contribution is -0.142. The van der Waals surface area contributed by atoms with Crippen LogP contribution in [0.25, 0.3) is 0 Å². The van der Waals surface area contributed by atoms with E-state index in [2.05, 4.69) is 6.92 Å². The minimum Gasteiger partial charge on any atom is -0.481 e. The molecule has 2 atom stereocenters. The third kappa shape index (κ3) is 2.60. The first-order chi connectivity index (χ1) is 8.54. The molecule has 1 N–H and O–H groups in total. The second-order valence-electron chi connectivity index (χ2n) is 5.53. The maximum absolute atomic E-state index is 12.4. The van der Waals surface area contributed by atoms with Gasteiger partial charge in [-0.15, -0.1) is 0 Å². The standard InChI is InChI=1S/C13H22N2O3/c1-3-6-15(10-4-5-10)13(18)14-7-9(2)11(8-14)12(16)17/h9-11H,3-8H2,1-2H3,(H,16,17)/t9-,11-/m1/s1. The summed E-state index contributed by atoms with van der Waals surface area (Å²) in [5.41, 5.74) is 0. The van der Waals surface area contributed by atoms with Crippen LogP contribution in [-0.4, -0.2) is 52.6 Å². The number of hydrogen-bond donors (Lipinski definition) is 1. The number of rotatable bonds is 4. The van der Waals surface area contributed by atoms with Gasteiger partial charge in [0.15, 0.2) is 0 Å². The van der Waals surface area contributed by atoms with Gasteiger partial charge in [0.05, 0.1) is 5.92 Å². The maximum atomic E-state index is 12.4. The summed E-state index contributed by atoms with van der Waals surface area (Å²) in [4.78, 5) is 27.1. The molecule has 5 heteroatoms. The van der Waals surface area contributed by atoms with Crippen LogP contribution in [0.3, 0.4) is 0 Å². The smallest absolute Gasteiger partial charge is 0.320 e. The molecule has 0 aromatic carbocycles. The van der Waals surface area contributed by atoms with Gasteiger partial charge in [-0.2, -0.15) is 0 Å². The number of amides is 2. The molecule has 0 aromatic heterocycles. The third-order valence-corrected chi connectivity index (χ3v) is 3.90. The fourth-order valence-electron chi connectivity index (χ4n) is 2.69. The van der Waals surface area contributed by atoms with Gasteiger partial charge in [0, 0.05) is 25.7 Å². The van der Waals surface area contributed by atoms with Crippen LogP contribution in [0.15, 0.2) is 0 Å². The Morgan fingerprint density at radius 2 is 2.00 bits per heavy atom. The number of likely N-dealkylation sites (tertiary alicyclic amines) is 1. The summed E-state index contributed by atoms with van der Waals surface area (Å²) < 4.78 is 0. The lowest BCUT2D eigenvalue weighted by Gasteiger charge is -2.27. The van der Waals surface area contributed by atoms with Crippen molar-refractivity contribution < 1.29 is 14.7 Å². The Bertz CT molecular complexity index is 341. The molecular formula is C13H22N2O3. The highest BCUT2D eigenvalue weighted by Gasteiger charge is 2.41. The molecule has 1 aliphatic heterocycles. The summed E-state index contributed by atoms with van der Waals surface area (Å²) in [5.74, 6) is -1.14. The van der Waals surface area contributed by atoms with Gasteiger partial charge in [-0.25, -0.2) is 4.79 Å². The minimum absolute atomic E-state index is 0.0370. The molecule has 0 spiro atoms. The summed E-state index contributed by atoms with van der Waals surface area (Å²) in [6.45, 7) is 5.69. The molecule has 1 saturated carbocycles. The Morgan fingerprint density at radius 3 is 2.44 bits per heavy atom. The topological polar surface area (TPSA) is 60.9 Å². The van der Waals surface area contributed by atoms with Crippen LogP contribution in [0.5, 0.6) is 0 Å². The molecule has 18 heavy (non-hydrogen) atoms. The van der Waals surface area contributed by atoms with Gasteiger partial charge < -0.3 is 14.9 Å². The average Bonchev–Trinajstić information content (AvgIpc) is 3.07. The van der Waals surface area contributed by atoms with Crippen molar-refractivity contribution in [1.82, 2.24) is 9.80 Å². The molecule has 0 radical (unpaired) electrons. The number of carbonyl (C=O) groups excluding carboxylic acids is 1. The molecule has 1 saturated heterocycles. The highest BCUT2D eigenvalue weighted by molar-refractivity contribution is 5.78. The van der Waals surface area contributed by atoms with Gasteiger partial charge in [-0.1, -0.05) is 13.8 Å². The van der Waals surface area contributed by atoms with Crippen LogP contribution in [0.2, 0.25) is 0 Å². The van der Waals surface area contributed by atoms with E-state index in [-0.39, 0.29) is 11.9 Å². The number of carboxylic acids is 1. The van der Waals surface area contributed by atoms with E-state index in [1.807, 2.05) is 11.8 Å². The van der Waals surface area contributed by atoms with Crippen molar-refractivity contribution >= 4 is 12.0 Å². The van der Waals surface area contributed by atoms with Crippen LogP contribution in [0.1, 0.15) is 33.1 Å². The summed E-state index contributed by atoms with van der Waals surface area (Å²) in [5, 5.41) is 9.10. The van der Waals surface area contributed by atoms with E-state index in [1.165, 1.54) is 0 Å². The number of aliphatic carboxylic acids is 1. The van der Waals surface area contributed by atoms with Crippen LogP contribution >= 0.6 is 0 Å². The quantitative estimate of drug-likeness (QED) is 0.829. The molecule has 0 bridgehead atoms. The van der Waals surface area contributed by atoms with Crippen molar-refractivity contribution in [1.29, 1.82) is 0 Å². The zero-order valence-electron chi connectivity index (χ0n) is 11.1.